The van der Waals surface area contributed by atoms with Crippen molar-refractivity contribution in [3.8, 4) is 11.5 Å². The lowest BCUT2D eigenvalue weighted by atomic mass is 9.98. The second-order valence-corrected chi connectivity index (χ2v) is 6.83. The number of fused-ring (bicyclic) bond motifs is 3. The van der Waals surface area contributed by atoms with Gasteiger partial charge >= 0.3 is 0 Å². The number of aromatic nitrogens is 3. The fraction of sp³-hybridized carbons (Fsp3) is 0.250. The van der Waals surface area contributed by atoms with Gasteiger partial charge in [-0.05, 0) is 35.7 Å². The molecule has 2 aromatic carbocycles. The molecule has 132 valence electrons. The summed E-state index contributed by atoms with van der Waals surface area (Å²) in [5.74, 6) is 1.10. The number of pyridine rings is 1. The Bertz CT molecular complexity index is 1090. The zero-order chi connectivity index (χ0) is 16.9. The van der Waals surface area contributed by atoms with Gasteiger partial charge in [0.15, 0.2) is 5.82 Å². The Morgan fingerprint density at radius 1 is 1.00 bits per heavy atom. The predicted octanol–water partition coefficient (Wildman–Crippen LogP) is 4.59. The molecule has 0 amide bonds. The molecule has 5 nitrogen and oxygen atoms in total. The van der Waals surface area contributed by atoms with Crippen LogP contribution in [0.5, 0.6) is 0 Å². The maximum absolute atomic E-state index is 6.47. The zero-order valence-electron chi connectivity index (χ0n) is 14.2. The van der Waals surface area contributed by atoms with E-state index in [4.69, 9.17) is 10.3 Å². The Balaban J connectivity index is 0.00000168. The van der Waals surface area contributed by atoms with Crippen LogP contribution in [0.3, 0.4) is 0 Å². The van der Waals surface area contributed by atoms with Gasteiger partial charge in [-0.2, -0.15) is 4.98 Å². The summed E-state index contributed by atoms with van der Waals surface area (Å²) in [6, 6.07) is 14.4. The maximum Gasteiger partial charge on any atom is 0.260 e. The van der Waals surface area contributed by atoms with Gasteiger partial charge in [0.05, 0.1) is 16.6 Å². The minimum absolute atomic E-state index is 0. The molecular formula is C20H19ClN4O. The second-order valence-electron chi connectivity index (χ2n) is 6.83. The van der Waals surface area contributed by atoms with E-state index in [-0.39, 0.29) is 12.4 Å². The van der Waals surface area contributed by atoms with Crippen LogP contribution in [0.1, 0.15) is 31.5 Å². The third kappa shape index (κ3) is 2.55. The number of nitrogens with two attached hydrogens (primary N) is 1. The normalized spacial score (nSPS) is 16.0. The SMILES string of the molecule is Cl.NC1(c2noc(-c3cc4ccccc4c4cccnc34)n2)CCCC1. The molecule has 5 rings (SSSR count). The van der Waals surface area contributed by atoms with E-state index in [1.54, 1.807) is 6.20 Å². The first-order valence-electron chi connectivity index (χ1n) is 8.65. The number of rotatable bonds is 2. The van der Waals surface area contributed by atoms with Crippen LogP contribution >= 0.6 is 12.4 Å². The monoisotopic (exact) mass is 366 g/mol. The van der Waals surface area contributed by atoms with Crippen LogP contribution in [-0.4, -0.2) is 15.1 Å². The molecule has 1 aliphatic carbocycles. The molecule has 26 heavy (non-hydrogen) atoms. The van der Waals surface area contributed by atoms with E-state index in [0.29, 0.717) is 11.7 Å². The minimum Gasteiger partial charge on any atom is -0.334 e. The minimum atomic E-state index is -0.457. The molecule has 6 heteroatoms. The molecule has 1 fully saturated rings. The summed E-state index contributed by atoms with van der Waals surface area (Å²) in [6.45, 7) is 0. The highest BCUT2D eigenvalue weighted by molar-refractivity contribution is 6.11. The van der Waals surface area contributed by atoms with Crippen molar-refractivity contribution in [1.29, 1.82) is 0 Å². The lowest BCUT2D eigenvalue weighted by Crippen LogP contribution is -2.34. The molecule has 0 radical (unpaired) electrons. The number of hydrogen-bond acceptors (Lipinski definition) is 5. The Hall–Kier alpha value is -2.50. The molecule has 0 bridgehead atoms. The van der Waals surface area contributed by atoms with Gasteiger partial charge in [-0.3, -0.25) is 4.98 Å². The second kappa shape index (κ2) is 6.34. The standard InChI is InChI=1S/C20H18N4O.ClH/c21-20(9-3-4-10-20)19-23-18(25-24-19)16-12-13-6-1-2-7-14(13)15-8-5-11-22-17(15)16;/h1-2,5-8,11-12H,3-4,9-10,21H2;1H. The Morgan fingerprint density at radius 3 is 2.62 bits per heavy atom. The van der Waals surface area contributed by atoms with Crippen LogP contribution in [0.15, 0.2) is 53.2 Å². The van der Waals surface area contributed by atoms with E-state index in [0.717, 1.165) is 47.5 Å². The third-order valence-corrected chi connectivity index (χ3v) is 5.21. The Kier molecular flexibility index (Phi) is 4.13. The molecule has 0 saturated heterocycles. The van der Waals surface area contributed by atoms with Crippen LogP contribution in [0.25, 0.3) is 33.1 Å². The summed E-state index contributed by atoms with van der Waals surface area (Å²) >= 11 is 0. The van der Waals surface area contributed by atoms with Gasteiger partial charge in [-0.1, -0.05) is 48.3 Å². The summed E-state index contributed by atoms with van der Waals surface area (Å²) in [6.07, 6.45) is 5.83. The molecule has 2 N–H and O–H groups in total. The number of nitrogens with zero attached hydrogens (tertiary/aromatic N) is 3. The zero-order valence-corrected chi connectivity index (χ0v) is 15.0. The van der Waals surface area contributed by atoms with Crippen molar-refractivity contribution in [1.82, 2.24) is 15.1 Å². The van der Waals surface area contributed by atoms with E-state index in [2.05, 4.69) is 39.4 Å². The first-order chi connectivity index (χ1) is 12.2. The third-order valence-electron chi connectivity index (χ3n) is 5.21. The fourth-order valence-corrected chi connectivity index (χ4v) is 3.86. The van der Waals surface area contributed by atoms with E-state index in [9.17, 15) is 0 Å². The van der Waals surface area contributed by atoms with Crippen molar-refractivity contribution in [2.24, 2.45) is 5.73 Å². The first kappa shape index (κ1) is 16.9. The van der Waals surface area contributed by atoms with E-state index >= 15 is 0 Å². The van der Waals surface area contributed by atoms with E-state index < -0.39 is 5.54 Å². The van der Waals surface area contributed by atoms with Gasteiger partial charge in [-0.15, -0.1) is 12.4 Å². The van der Waals surface area contributed by atoms with Crippen molar-refractivity contribution in [3.63, 3.8) is 0 Å². The Morgan fingerprint density at radius 2 is 1.77 bits per heavy atom. The van der Waals surface area contributed by atoms with Gasteiger partial charge in [-0.25, -0.2) is 0 Å². The summed E-state index contributed by atoms with van der Waals surface area (Å²) in [4.78, 5) is 9.22. The summed E-state index contributed by atoms with van der Waals surface area (Å²) in [7, 11) is 0. The molecular weight excluding hydrogens is 348 g/mol. The van der Waals surface area contributed by atoms with Gasteiger partial charge in [0.25, 0.3) is 5.89 Å². The van der Waals surface area contributed by atoms with Gasteiger partial charge in [0, 0.05) is 11.6 Å². The average Bonchev–Trinajstić information content (AvgIpc) is 3.31. The highest BCUT2D eigenvalue weighted by Crippen LogP contribution is 2.37. The molecule has 1 saturated carbocycles. The van der Waals surface area contributed by atoms with Gasteiger partial charge < -0.3 is 10.3 Å². The number of halogens is 1. The van der Waals surface area contributed by atoms with Crippen molar-refractivity contribution < 1.29 is 4.52 Å². The van der Waals surface area contributed by atoms with Crippen LogP contribution in [-0.2, 0) is 5.54 Å². The highest BCUT2D eigenvalue weighted by atomic mass is 35.5. The number of benzene rings is 2. The molecule has 0 aliphatic heterocycles. The lowest BCUT2D eigenvalue weighted by molar-refractivity contribution is 0.373. The highest BCUT2D eigenvalue weighted by Gasteiger charge is 2.36. The molecule has 0 atom stereocenters. The molecule has 2 aromatic heterocycles. The molecule has 0 spiro atoms. The van der Waals surface area contributed by atoms with Crippen molar-refractivity contribution in [2.75, 3.05) is 0 Å². The van der Waals surface area contributed by atoms with Crippen LogP contribution in [0.2, 0.25) is 0 Å². The van der Waals surface area contributed by atoms with Crippen LogP contribution < -0.4 is 5.73 Å². The van der Waals surface area contributed by atoms with E-state index in [1.807, 2.05) is 18.2 Å². The molecule has 4 aromatic rings. The van der Waals surface area contributed by atoms with Gasteiger partial charge in [0.2, 0.25) is 0 Å². The van der Waals surface area contributed by atoms with Crippen LogP contribution in [0, 0.1) is 0 Å². The van der Waals surface area contributed by atoms with E-state index in [1.165, 1.54) is 5.39 Å². The maximum atomic E-state index is 6.47. The van der Waals surface area contributed by atoms with Crippen LogP contribution in [0.4, 0.5) is 0 Å². The largest absolute Gasteiger partial charge is 0.334 e. The van der Waals surface area contributed by atoms with Crippen molar-refractivity contribution in [3.05, 3.63) is 54.5 Å². The quantitative estimate of drug-likeness (QED) is 0.525. The van der Waals surface area contributed by atoms with Crippen molar-refractivity contribution in [2.45, 2.75) is 31.2 Å². The Labute approximate surface area is 157 Å². The summed E-state index contributed by atoms with van der Waals surface area (Å²) in [5, 5.41) is 7.57. The lowest BCUT2D eigenvalue weighted by Gasteiger charge is -2.17. The fourth-order valence-electron chi connectivity index (χ4n) is 3.86. The summed E-state index contributed by atoms with van der Waals surface area (Å²) in [5.41, 5.74) is 7.74. The van der Waals surface area contributed by atoms with Gasteiger partial charge in [0.1, 0.15) is 0 Å². The molecule has 0 unspecified atom stereocenters. The summed E-state index contributed by atoms with van der Waals surface area (Å²) < 4.78 is 5.60. The first-order valence-corrected chi connectivity index (χ1v) is 8.65. The predicted molar refractivity (Wildman–Crippen MR) is 104 cm³/mol. The van der Waals surface area contributed by atoms with Crippen molar-refractivity contribution >= 4 is 34.1 Å². The molecule has 2 heterocycles. The topological polar surface area (TPSA) is 77.8 Å². The smallest absolute Gasteiger partial charge is 0.260 e. The average molecular weight is 367 g/mol. The number of hydrogen-bond donors (Lipinski definition) is 1. The molecule has 1 aliphatic rings.